The number of rotatable bonds is 4. The van der Waals surface area contributed by atoms with Crippen LogP contribution < -0.4 is 0 Å². The topological polar surface area (TPSA) is 69.7 Å². The summed E-state index contributed by atoms with van der Waals surface area (Å²) >= 11 is 0. The number of carbonyl (C=O) groups excluding carboxylic acids is 1. The normalized spacial score (nSPS) is 19.8. The van der Waals surface area contributed by atoms with Crippen LogP contribution in [0.25, 0.3) is 0 Å². The van der Waals surface area contributed by atoms with E-state index in [-0.39, 0.29) is 19.4 Å². The number of hydrogen-bond acceptors (Lipinski definition) is 5. The lowest BCUT2D eigenvalue weighted by Gasteiger charge is -2.26. The van der Waals surface area contributed by atoms with Crippen molar-refractivity contribution < 1.29 is 35.3 Å². The Balaban J connectivity index is 2.98. The van der Waals surface area contributed by atoms with Crippen LogP contribution in [0.4, 0.5) is 13.2 Å². The van der Waals surface area contributed by atoms with Gasteiger partial charge in [0.2, 0.25) is 0 Å². The number of carbonyl (C=O) groups is 1. The summed E-state index contributed by atoms with van der Waals surface area (Å²) < 4.78 is 67.4. The summed E-state index contributed by atoms with van der Waals surface area (Å²) in [6.07, 6.45) is 0.626. The standard InChI is InChI=1S/C9H13F3O5S/c1-2-16-7(13)8(5-3-4-6-8)17-18(14,15)9(10,11)12/h2-6H2,1H3. The van der Waals surface area contributed by atoms with Crippen LogP contribution in [0.15, 0.2) is 0 Å². The Morgan fingerprint density at radius 1 is 1.28 bits per heavy atom. The molecule has 106 valence electrons. The van der Waals surface area contributed by atoms with Gasteiger partial charge in [0.1, 0.15) is 0 Å². The molecule has 0 unspecified atom stereocenters. The van der Waals surface area contributed by atoms with E-state index < -0.39 is 27.2 Å². The first-order chi connectivity index (χ1) is 8.15. The summed E-state index contributed by atoms with van der Waals surface area (Å²) in [4.78, 5) is 11.6. The van der Waals surface area contributed by atoms with Crippen LogP contribution in [0.1, 0.15) is 32.6 Å². The maximum absolute atomic E-state index is 12.2. The summed E-state index contributed by atoms with van der Waals surface area (Å²) in [7, 11) is -5.80. The van der Waals surface area contributed by atoms with Crippen LogP contribution >= 0.6 is 0 Å². The molecule has 0 aliphatic heterocycles. The largest absolute Gasteiger partial charge is 0.523 e. The van der Waals surface area contributed by atoms with Crippen LogP contribution in [-0.2, 0) is 23.8 Å². The van der Waals surface area contributed by atoms with E-state index in [0.717, 1.165) is 0 Å². The van der Waals surface area contributed by atoms with Crippen molar-refractivity contribution in [2.45, 2.75) is 43.7 Å². The molecule has 0 atom stereocenters. The van der Waals surface area contributed by atoms with Crippen LogP contribution in [-0.4, -0.2) is 32.1 Å². The first kappa shape index (κ1) is 15.2. The SMILES string of the molecule is CCOC(=O)C1(OS(=O)(=O)C(F)(F)F)CCCC1. The van der Waals surface area contributed by atoms with Gasteiger partial charge in [0.15, 0.2) is 5.60 Å². The molecule has 0 spiro atoms. The monoisotopic (exact) mass is 290 g/mol. The third-order valence-electron chi connectivity index (χ3n) is 2.61. The van der Waals surface area contributed by atoms with E-state index in [4.69, 9.17) is 0 Å². The highest BCUT2D eigenvalue weighted by Gasteiger charge is 2.56. The lowest BCUT2D eigenvalue weighted by molar-refractivity contribution is -0.162. The van der Waals surface area contributed by atoms with Gasteiger partial charge in [0.25, 0.3) is 0 Å². The zero-order chi connectivity index (χ0) is 14.0. The predicted octanol–water partition coefficient (Wildman–Crippen LogP) is 1.73. The molecule has 0 saturated heterocycles. The molecule has 1 rings (SSSR count). The summed E-state index contributed by atoms with van der Waals surface area (Å²) in [6.45, 7) is 1.41. The van der Waals surface area contributed by atoms with Crippen LogP contribution in [0.5, 0.6) is 0 Å². The smallest absolute Gasteiger partial charge is 0.464 e. The van der Waals surface area contributed by atoms with Gasteiger partial charge in [0, 0.05) is 0 Å². The quantitative estimate of drug-likeness (QED) is 0.448. The second kappa shape index (κ2) is 5.04. The number of alkyl halides is 3. The van der Waals surface area contributed by atoms with Gasteiger partial charge < -0.3 is 4.74 Å². The van der Waals surface area contributed by atoms with Crippen molar-refractivity contribution in [2.24, 2.45) is 0 Å². The van der Waals surface area contributed by atoms with Crippen LogP contribution in [0.2, 0.25) is 0 Å². The minimum absolute atomic E-state index is 0.0595. The Kier molecular flexibility index (Phi) is 4.26. The van der Waals surface area contributed by atoms with E-state index in [1.54, 1.807) is 0 Å². The van der Waals surface area contributed by atoms with Gasteiger partial charge in [-0.25, -0.2) is 8.98 Å². The number of esters is 1. The highest BCUT2D eigenvalue weighted by molar-refractivity contribution is 7.87. The highest BCUT2D eigenvalue weighted by atomic mass is 32.2. The fourth-order valence-corrected chi connectivity index (χ4v) is 2.54. The molecule has 0 amide bonds. The lowest BCUT2D eigenvalue weighted by atomic mass is 10.0. The van der Waals surface area contributed by atoms with Gasteiger partial charge >= 0.3 is 21.6 Å². The molecule has 0 bridgehead atoms. The lowest BCUT2D eigenvalue weighted by Crippen LogP contribution is -2.45. The third kappa shape index (κ3) is 2.94. The Bertz CT molecular complexity index is 408. The average Bonchev–Trinajstić information content (AvgIpc) is 2.65. The molecule has 5 nitrogen and oxygen atoms in total. The van der Waals surface area contributed by atoms with Gasteiger partial charge in [-0.15, -0.1) is 0 Å². The van der Waals surface area contributed by atoms with Gasteiger partial charge in [-0.1, -0.05) is 0 Å². The Hall–Kier alpha value is -0.830. The molecular weight excluding hydrogens is 277 g/mol. The minimum atomic E-state index is -5.80. The second-order valence-corrected chi connectivity index (χ2v) is 5.44. The van der Waals surface area contributed by atoms with E-state index in [2.05, 4.69) is 8.92 Å². The maximum atomic E-state index is 12.2. The van der Waals surface area contributed by atoms with Gasteiger partial charge in [-0.05, 0) is 32.6 Å². The van der Waals surface area contributed by atoms with E-state index >= 15 is 0 Å². The third-order valence-corrected chi connectivity index (χ3v) is 3.72. The van der Waals surface area contributed by atoms with E-state index in [1.165, 1.54) is 6.92 Å². The molecule has 0 aromatic rings. The predicted molar refractivity (Wildman–Crippen MR) is 53.9 cm³/mol. The molecule has 0 aromatic heterocycles. The number of halogens is 3. The zero-order valence-electron chi connectivity index (χ0n) is 9.62. The average molecular weight is 290 g/mol. The van der Waals surface area contributed by atoms with E-state index in [1.807, 2.05) is 0 Å². The van der Waals surface area contributed by atoms with Gasteiger partial charge in [-0.3, -0.25) is 0 Å². The maximum Gasteiger partial charge on any atom is 0.523 e. The number of hydrogen-bond donors (Lipinski definition) is 0. The first-order valence-corrected chi connectivity index (χ1v) is 6.74. The van der Waals surface area contributed by atoms with Crippen molar-refractivity contribution >= 4 is 16.1 Å². The summed E-state index contributed by atoms with van der Waals surface area (Å²) in [5.74, 6) is -1.06. The molecule has 1 aliphatic carbocycles. The molecular formula is C9H13F3O5S. The summed E-state index contributed by atoms with van der Waals surface area (Å²) in [6, 6.07) is 0. The molecule has 9 heteroatoms. The fourth-order valence-electron chi connectivity index (χ4n) is 1.79. The molecule has 1 saturated carbocycles. The molecule has 18 heavy (non-hydrogen) atoms. The number of ether oxygens (including phenoxy) is 1. The molecule has 1 fully saturated rings. The molecule has 0 heterocycles. The fraction of sp³-hybridized carbons (Fsp3) is 0.889. The Labute approximate surface area is 102 Å². The van der Waals surface area contributed by atoms with Crippen molar-refractivity contribution in [1.29, 1.82) is 0 Å². The van der Waals surface area contributed by atoms with Crippen molar-refractivity contribution in [3.05, 3.63) is 0 Å². The first-order valence-electron chi connectivity index (χ1n) is 5.34. The Morgan fingerprint density at radius 3 is 2.17 bits per heavy atom. The van der Waals surface area contributed by atoms with Crippen LogP contribution in [0, 0.1) is 0 Å². The zero-order valence-corrected chi connectivity index (χ0v) is 10.4. The van der Waals surface area contributed by atoms with Crippen molar-refractivity contribution in [1.82, 2.24) is 0 Å². The minimum Gasteiger partial charge on any atom is -0.464 e. The summed E-state index contributed by atoms with van der Waals surface area (Å²) in [5.41, 5.74) is -7.57. The molecule has 0 radical (unpaired) electrons. The van der Waals surface area contributed by atoms with E-state index in [0.29, 0.717) is 12.8 Å². The highest BCUT2D eigenvalue weighted by Crippen LogP contribution is 2.39. The molecule has 0 aromatic carbocycles. The molecule has 0 N–H and O–H groups in total. The second-order valence-electron chi connectivity index (χ2n) is 3.91. The van der Waals surface area contributed by atoms with Crippen molar-refractivity contribution in [3.8, 4) is 0 Å². The van der Waals surface area contributed by atoms with E-state index in [9.17, 15) is 26.4 Å². The van der Waals surface area contributed by atoms with Crippen molar-refractivity contribution in [2.75, 3.05) is 6.61 Å². The van der Waals surface area contributed by atoms with Crippen LogP contribution in [0.3, 0.4) is 0 Å². The Morgan fingerprint density at radius 2 is 1.78 bits per heavy atom. The molecule has 1 aliphatic rings. The van der Waals surface area contributed by atoms with Gasteiger partial charge in [0.05, 0.1) is 6.61 Å². The summed E-state index contributed by atoms with van der Waals surface area (Å²) in [5, 5.41) is 0. The van der Waals surface area contributed by atoms with Gasteiger partial charge in [-0.2, -0.15) is 21.6 Å². The van der Waals surface area contributed by atoms with Crippen molar-refractivity contribution in [3.63, 3.8) is 0 Å².